The van der Waals surface area contributed by atoms with Gasteiger partial charge < -0.3 is 9.52 Å². The summed E-state index contributed by atoms with van der Waals surface area (Å²) in [6.45, 7) is 1.19. The highest BCUT2D eigenvalue weighted by Crippen LogP contribution is 2.22. The number of carboxylic acid groups (broad SMARTS) is 1. The van der Waals surface area contributed by atoms with Gasteiger partial charge in [0, 0.05) is 10.7 Å². The molecule has 1 amide bonds. The van der Waals surface area contributed by atoms with E-state index in [9.17, 15) is 9.59 Å². The molecule has 0 aliphatic rings. The minimum atomic E-state index is -1.11. The molecule has 0 spiro atoms. The molecule has 1 aromatic heterocycles. The lowest BCUT2D eigenvalue weighted by Gasteiger charge is -2.20. The summed E-state index contributed by atoms with van der Waals surface area (Å²) in [6.07, 6.45) is 1.39. The third kappa shape index (κ3) is 3.00. The molecule has 0 saturated heterocycles. The molecule has 104 valence electrons. The molecule has 2 aromatic rings. The maximum atomic E-state index is 12.4. The van der Waals surface area contributed by atoms with E-state index in [4.69, 9.17) is 21.1 Å². The number of benzene rings is 1. The van der Waals surface area contributed by atoms with Crippen LogP contribution in [0.2, 0.25) is 5.02 Å². The Kier molecular flexibility index (Phi) is 4.10. The van der Waals surface area contributed by atoms with Crippen LogP contribution in [0.3, 0.4) is 0 Å². The topological polar surface area (TPSA) is 70.8 Å². The van der Waals surface area contributed by atoms with Crippen LogP contribution in [-0.2, 0) is 4.79 Å². The highest BCUT2D eigenvalue weighted by atomic mass is 35.5. The van der Waals surface area contributed by atoms with Gasteiger partial charge in [-0.25, -0.2) is 0 Å². The van der Waals surface area contributed by atoms with Gasteiger partial charge in [0.15, 0.2) is 0 Å². The number of carbonyl (C=O) groups is 2. The van der Waals surface area contributed by atoms with E-state index in [1.807, 2.05) is 0 Å². The minimum Gasteiger partial charge on any atom is -0.480 e. The Morgan fingerprint density at radius 3 is 2.65 bits per heavy atom. The molecule has 1 aromatic carbocycles. The second-order valence-corrected chi connectivity index (χ2v) is 4.59. The Morgan fingerprint density at radius 1 is 1.35 bits per heavy atom. The van der Waals surface area contributed by atoms with E-state index in [0.29, 0.717) is 22.0 Å². The molecule has 1 N–H and O–H groups in total. The first-order valence-corrected chi connectivity index (χ1v) is 6.20. The van der Waals surface area contributed by atoms with E-state index in [0.717, 1.165) is 4.90 Å². The number of rotatable bonds is 4. The van der Waals surface area contributed by atoms with Crippen molar-refractivity contribution in [1.82, 2.24) is 0 Å². The van der Waals surface area contributed by atoms with E-state index in [1.54, 1.807) is 25.1 Å². The van der Waals surface area contributed by atoms with Crippen molar-refractivity contribution in [2.24, 2.45) is 0 Å². The fourth-order valence-corrected chi connectivity index (χ4v) is 2.00. The molecular weight excluding hydrogens is 282 g/mol. The number of carboxylic acids is 1. The number of furan rings is 1. The van der Waals surface area contributed by atoms with Crippen LogP contribution in [0.25, 0.3) is 0 Å². The molecule has 20 heavy (non-hydrogen) atoms. The summed E-state index contributed by atoms with van der Waals surface area (Å²) < 4.78 is 5.08. The normalized spacial score (nSPS) is 10.3. The molecule has 0 saturated carbocycles. The summed E-state index contributed by atoms with van der Waals surface area (Å²) in [5, 5.41) is 9.41. The fraction of sp³-hybridized carbons (Fsp3) is 0.143. The third-order valence-corrected chi connectivity index (χ3v) is 2.98. The second-order valence-electron chi connectivity index (χ2n) is 4.16. The van der Waals surface area contributed by atoms with Gasteiger partial charge in [-0.2, -0.15) is 0 Å². The zero-order chi connectivity index (χ0) is 14.7. The number of hydrogen-bond acceptors (Lipinski definition) is 3. The highest BCUT2D eigenvalue weighted by Gasteiger charge is 2.23. The molecule has 0 fully saturated rings. The molecular formula is C14H12ClNO4. The van der Waals surface area contributed by atoms with Crippen LogP contribution in [0.15, 0.2) is 41.0 Å². The van der Waals surface area contributed by atoms with Crippen molar-refractivity contribution >= 4 is 29.2 Å². The lowest BCUT2D eigenvalue weighted by molar-refractivity contribution is -0.135. The zero-order valence-electron chi connectivity index (χ0n) is 10.7. The van der Waals surface area contributed by atoms with Crippen LogP contribution < -0.4 is 4.90 Å². The van der Waals surface area contributed by atoms with Crippen LogP contribution in [0.5, 0.6) is 0 Å². The maximum absolute atomic E-state index is 12.4. The maximum Gasteiger partial charge on any atom is 0.323 e. The van der Waals surface area contributed by atoms with E-state index < -0.39 is 18.4 Å². The van der Waals surface area contributed by atoms with Crippen molar-refractivity contribution < 1.29 is 19.1 Å². The van der Waals surface area contributed by atoms with Crippen LogP contribution in [0.1, 0.15) is 16.1 Å². The van der Waals surface area contributed by atoms with Gasteiger partial charge >= 0.3 is 5.97 Å². The van der Waals surface area contributed by atoms with E-state index in [1.165, 1.54) is 18.4 Å². The Labute approximate surface area is 120 Å². The van der Waals surface area contributed by atoms with Gasteiger partial charge in [0.25, 0.3) is 5.91 Å². The van der Waals surface area contributed by atoms with Gasteiger partial charge in [-0.1, -0.05) is 17.7 Å². The molecule has 0 aliphatic heterocycles. The predicted molar refractivity (Wildman–Crippen MR) is 74.2 cm³/mol. The van der Waals surface area contributed by atoms with Crippen molar-refractivity contribution in [1.29, 1.82) is 0 Å². The van der Waals surface area contributed by atoms with E-state index >= 15 is 0 Å². The molecule has 0 bridgehead atoms. The van der Waals surface area contributed by atoms with Crippen molar-refractivity contribution in [3.63, 3.8) is 0 Å². The monoisotopic (exact) mass is 293 g/mol. The summed E-state index contributed by atoms with van der Waals surface area (Å²) in [5.41, 5.74) is 0.747. The van der Waals surface area contributed by atoms with Gasteiger partial charge in [-0.15, -0.1) is 0 Å². The number of aryl methyl sites for hydroxylation is 1. The summed E-state index contributed by atoms with van der Waals surface area (Å²) in [6, 6.07) is 7.98. The summed E-state index contributed by atoms with van der Waals surface area (Å²) in [5.74, 6) is -1.12. The summed E-state index contributed by atoms with van der Waals surface area (Å²) in [7, 11) is 0. The van der Waals surface area contributed by atoms with Gasteiger partial charge in [0.05, 0.1) is 11.8 Å². The van der Waals surface area contributed by atoms with Gasteiger partial charge in [-0.3, -0.25) is 14.5 Å². The van der Waals surface area contributed by atoms with Gasteiger partial charge in [-0.05, 0) is 31.2 Å². The Morgan fingerprint density at radius 2 is 2.10 bits per heavy atom. The number of halogens is 1. The number of anilines is 1. The van der Waals surface area contributed by atoms with Crippen molar-refractivity contribution in [3.8, 4) is 0 Å². The number of aliphatic carboxylic acids is 1. The molecule has 0 atom stereocenters. The van der Waals surface area contributed by atoms with Gasteiger partial charge in [0.2, 0.25) is 0 Å². The molecule has 0 aliphatic carbocycles. The number of amides is 1. The predicted octanol–water partition coefficient (Wildman–Crippen LogP) is 2.97. The third-order valence-electron chi connectivity index (χ3n) is 2.75. The highest BCUT2D eigenvalue weighted by molar-refractivity contribution is 6.31. The van der Waals surface area contributed by atoms with Crippen LogP contribution in [0.4, 0.5) is 5.69 Å². The average Bonchev–Trinajstić information content (AvgIpc) is 2.81. The quantitative estimate of drug-likeness (QED) is 0.941. The van der Waals surface area contributed by atoms with Crippen molar-refractivity contribution in [3.05, 3.63) is 52.9 Å². The number of hydrogen-bond donors (Lipinski definition) is 1. The zero-order valence-corrected chi connectivity index (χ0v) is 11.4. The SMILES string of the molecule is Cc1occc1C(=O)N(CC(=O)O)c1cccc(Cl)c1. The Bertz CT molecular complexity index is 650. The number of nitrogens with zero attached hydrogens (tertiary/aromatic N) is 1. The van der Waals surface area contributed by atoms with E-state index in [2.05, 4.69) is 0 Å². The fourth-order valence-electron chi connectivity index (χ4n) is 1.81. The first-order valence-electron chi connectivity index (χ1n) is 5.82. The Hall–Kier alpha value is -2.27. The summed E-state index contributed by atoms with van der Waals surface area (Å²) >= 11 is 5.88. The average molecular weight is 294 g/mol. The van der Waals surface area contributed by atoms with Crippen molar-refractivity contribution in [2.45, 2.75) is 6.92 Å². The minimum absolute atomic E-state index is 0.325. The molecule has 2 rings (SSSR count). The lowest BCUT2D eigenvalue weighted by atomic mass is 10.2. The largest absolute Gasteiger partial charge is 0.480 e. The second kappa shape index (κ2) is 5.79. The number of carbonyl (C=O) groups excluding carboxylic acids is 1. The van der Waals surface area contributed by atoms with Crippen LogP contribution in [0, 0.1) is 6.92 Å². The molecule has 0 radical (unpaired) electrons. The smallest absolute Gasteiger partial charge is 0.323 e. The molecule has 5 nitrogen and oxygen atoms in total. The Balaban J connectivity index is 2.40. The first kappa shape index (κ1) is 14.1. The van der Waals surface area contributed by atoms with Crippen molar-refractivity contribution in [2.75, 3.05) is 11.4 Å². The summed E-state index contributed by atoms with van der Waals surface area (Å²) in [4.78, 5) is 24.6. The molecule has 6 heteroatoms. The van der Waals surface area contributed by atoms with Crippen LogP contribution >= 0.6 is 11.6 Å². The standard InChI is InChI=1S/C14H12ClNO4/c1-9-12(5-6-20-9)14(19)16(8-13(17)18)11-4-2-3-10(15)7-11/h2-7H,8H2,1H3,(H,17,18). The van der Waals surface area contributed by atoms with Gasteiger partial charge in [0.1, 0.15) is 12.3 Å². The first-order chi connectivity index (χ1) is 9.49. The van der Waals surface area contributed by atoms with Crippen LogP contribution in [-0.4, -0.2) is 23.5 Å². The van der Waals surface area contributed by atoms with E-state index in [-0.39, 0.29) is 0 Å². The molecule has 0 unspecified atom stereocenters. The lowest BCUT2D eigenvalue weighted by Crippen LogP contribution is -2.35. The molecule has 1 heterocycles.